The third-order valence-corrected chi connectivity index (χ3v) is 5.25. The smallest absolute Gasteiger partial charge is 0.207 e. The zero-order chi connectivity index (χ0) is 15.6. The van der Waals surface area contributed by atoms with Crippen molar-refractivity contribution >= 4 is 26.0 Å². The first kappa shape index (κ1) is 16.1. The summed E-state index contributed by atoms with van der Waals surface area (Å²) in [5.74, 6) is -2.27. The van der Waals surface area contributed by atoms with Gasteiger partial charge in [-0.1, -0.05) is 28.1 Å². The van der Waals surface area contributed by atoms with Crippen molar-refractivity contribution in [3.8, 4) is 0 Å². The van der Waals surface area contributed by atoms with Crippen molar-refractivity contribution in [2.75, 3.05) is 7.05 Å². The Bertz CT molecular complexity index is 748. The van der Waals surface area contributed by atoms with E-state index in [0.717, 1.165) is 26.5 Å². The number of nitrogens with zero attached hydrogens (tertiary/aromatic N) is 1. The maximum Gasteiger partial charge on any atom is 0.243 e. The Morgan fingerprint density at radius 3 is 2.24 bits per heavy atom. The molecule has 0 unspecified atom stereocenters. The maximum absolute atomic E-state index is 13.2. The minimum atomic E-state index is -3.87. The summed E-state index contributed by atoms with van der Waals surface area (Å²) >= 11 is 3.29. The molecule has 0 saturated carbocycles. The van der Waals surface area contributed by atoms with Crippen molar-refractivity contribution in [3.05, 3.63) is 64.1 Å². The van der Waals surface area contributed by atoms with E-state index in [9.17, 15) is 17.2 Å². The van der Waals surface area contributed by atoms with Gasteiger partial charge in [0.25, 0.3) is 0 Å². The molecule has 3 nitrogen and oxygen atoms in total. The minimum Gasteiger partial charge on any atom is -0.207 e. The number of benzene rings is 2. The highest BCUT2D eigenvalue weighted by Gasteiger charge is 2.22. The predicted molar refractivity (Wildman–Crippen MR) is 79.2 cm³/mol. The van der Waals surface area contributed by atoms with E-state index in [1.54, 1.807) is 24.3 Å². The second-order valence-electron chi connectivity index (χ2n) is 4.46. The van der Waals surface area contributed by atoms with Crippen molar-refractivity contribution in [2.24, 2.45) is 0 Å². The molecule has 0 amide bonds. The van der Waals surface area contributed by atoms with Gasteiger partial charge in [0.15, 0.2) is 11.6 Å². The molecule has 0 aliphatic carbocycles. The summed E-state index contributed by atoms with van der Waals surface area (Å²) in [4.78, 5) is -0.277. The molecule has 0 atom stereocenters. The minimum absolute atomic E-state index is 0.134. The van der Waals surface area contributed by atoms with Gasteiger partial charge in [0.05, 0.1) is 4.90 Å². The highest BCUT2D eigenvalue weighted by atomic mass is 79.9. The molecule has 0 spiro atoms. The van der Waals surface area contributed by atoms with E-state index in [0.29, 0.717) is 6.07 Å². The molecule has 0 heterocycles. The van der Waals surface area contributed by atoms with Crippen LogP contribution in [0.25, 0.3) is 0 Å². The third-order valence-electron chi connectivity index (χ3n) is 2.92. The van der Waals surface area contributed by atoms with Crippen molar-refractivity contribution in [1.82, 2.24) is 4.31 Å². The van der Waals surface area contributed by atoms with Crippen molar-refractivity contribution < 1.29 is 17.2 Å². The molecular formula is C14H12BrF2NO2S. The van der Waals surface area contributed by atoms with Crippen LogP contribution in [0, 0.1) is 11.6 Å². The van der Waals surface area contributed by atoms with Crippen LogP contribution in [-0.2, 0) is 16.6 Å². The van der Waals surface area contributed by atoms with E-state index in [1.807, 2.05) is 0 Å². The number of hydrogen-bond acceptors (Lipinski definition) is 2. The molecule has 0 aliphatic heterocycles. The summed E-state index contributed by atoms with van der Waals surface area (Å²) in [5.41, 5.74) is 0.784. The fraction of sp³-hybridized carbons (Fsp3) is 0.143. The van der Waals surface area contributed by atoms with Crippen LogP contribution in [-0.4, -0.2) is 19.8 Å². The SMILES string of the molecule is CN(Cc1ccc(Br)cc1)S(=O)(=O)c1ccc(F)c(F)c1. The molecule has 0 aromatic heterocycles. The normalized spacial score (nSPS) is 11.9. The van der Waals surface area contributed by atoms with Gasteiger partial charge < -0.3 is 0 Å². The summed E-state index contributed by atoms with van der Waals surface area (Å²) in [6.07, 6.45) is 0. The fourth-order valence-corrected chi connectivity index (χ4v) is 3.18. The molecule has 0 N–H and O–H groups in total. The highest BCUT2D eigenvalue weighted by Crippen LogP contribution is 2.20. The van der Waals surface area contributed by atoms with Crippen LogP contribution in [0.3, 0.4) is 0 Å². The van der Waals surface area contributed by atoms with Crippen LogP contribution < -0.4 is 0 Å². The molecule has 0 bridgehead atoms. The van der Waals surface area contributed by atoms with Gasteiger partial charge in [-0.15, -0.1) is 0 Å². The lowest BCUT2D eigenvalue weighted by Crippen LogP contribution is -2.26. The van der Waals surface area contributed by atoms with Gasteiger partial charge in [0.2, 0.25) is 10.0 Å². The molecule has 0 aliphatic rings. The molecule has 2 aromatic rings. The Kier molecular flexibility index (Phi) is 4.75. The van der Waals surface area contributed by atoms with Gasteiger partial charge in [0.1, 0.15) is 0 Å². The maximum atomic E-state index is 13.2. The first-order valence-corrected chi connectivity index (χ1v) is 8.20. The Labute approximate surface area is 130 Å². The third kappa shape index (κ3) is 3.66. The lowest BCUT2D eigenvalue weighted by molar-refractivity contribution is 0.463. The topological polar surface area (TPSA) is 37.4 Å². The monoisotopic (exact) mass is 375 g/mol. The quantitative estimate of drug-likeness (QED) is 0.819. The van der Waals surface area contributed by atoms with E-state index >= 15 is 0 Å². The second kappa shape index (κ2) is 6.21. The fourth-order valence-electron chi connectivity index (χ4n) is 1.75. The standard InChI is InChI=1S/C14H12BrF2NO2S/c1-18(9-10-2-4-11(15)5-3-10)21(19,20)12-6-7-13(16)14(17)8-12/h2-8H,9H2,1H3. The molecule has 2 rings (SSSR count). The number of sulfonamides is 1. The molecular weight excluding hydrogens is 364 g/mol. The largest absolute Gasteiger partial charge is 0.243 e. The van der Waals surface area contributed by atoms with Crippen molar-refractivity contribution in [1.29, 1.82) is 0 Å². The van der Waals surface area contributed by atoms with E-state index in [2.05, 4.69) is 15.9 Å². The molecule has 0 fully saturated rings. The average Bonchev–Trinajstić information content (AvgIpc) is 2.44. The molecule has 7 heteroatoms. The van der Waals surface area contributed by atoms with Gasteiger partial charge in [0, 0.05) is 18.1 Å². The van der Waals surface area contributed by atoms with E-state index in [4.69, 9.17) is 0 Å². The van der Waals surface area contributed by atoms with Crippen LogP contribution in [0.5, 0.6) is 0 Å². The van der Waals surface area contributed by atoms with Gasteiger partial charge in [-0.2, -0.15) is 4.31 Å². The van der Waals surface area contributed by atoms with Crippen molar-refractivity contribution in [2.45, 2.75) is 11.4 Å². The van der Waals surface area contributed by atoms with Gasteiger partial charge >= 0.3 is 0 Å². The van der Waals surface area contributed by atoms with Crippen LogP contribution in [0.2, 0.25) is 0 Å². The van der Waals surface area contributed by atoms with Gasteiger partial charge in [-0.3, -0.25) is 0 Å². The summed E-state index contributed by atoms with van der Waals surface area (Å²) < 4.78 is 52.6. The van der Waals surface area contributed by atoms with Crippen LogP contribution in [0.1, 0.15) is 5.56 Å². The Morgan fingerprint density at radius 2 is 1.67 bits per heavy atom. The average molecular weight is 376 g/mol. The zero-order valence-electron chi connectivity index (χ0n) is 11.1. The van der Waals surface area contributed by atoms with E-state index < -0.39 is 21.7 Å². The number of rotatable bonds is 4. The van der Waals surface area contributed by atoms with Gasteiger partial charge in [-0.05, 0) is 35.9 Å². The summed E-state index contributed by atoms with van der Waals surface area (Å²) in [6.45, 7) is 0.134. The lowest BCUT2D eigenvalue weighted by atomic mass is 10.2. The lowest BCUT2D eigenvalue weighted by Gasteiger charge is -2.17. The zero-order valence-corrected chi connectivity index (χ0v) is 13.5. The Hall–Kier alpha value is -1.31. The molecule has 0 radical (unpaired) electrons. The van der Waals surface area contributed by atoms with E-state index in [1.165, 1.54) is 7.05 Å². The molecule has 0 saturated heterocycles. The van der Waals surface area contributed by atoms with Crippen molar-refractivity contribution in [3.63, 3.8) is 0 Å². The summed E-state index contributed by atoms with van der Waals surface area (Å²) in [7, 11) is -2.48. The second-order valence-corrected chi connectivity index (χ2v) is 7.42. The van der Waals surface area contributed by atoms with Crippen LogP contribution in [0.4, 0.5) is 8.78 Å². The summed E-state index contributed by atoms with van der Waals surface area (Å²) in [5, 5.41) is 0. The summed E-state index contributed by atoms with van der Waals surface area (Å²) in [6, 6.07) is 9.69. The molecule has 112 valence electrons. The van der Waals surface area contributed by atoms with E-state index in [-0.39, 0.29) is 11.4 Å². The number of halogens is 3. The van der Waals surface area contributed by atoms with Crippen LogP contribution in [0.15, 0.2) is 51.8 Å². The first-order chi connectivity index (χ1) is 9.80. The first-order valence-electron chi connectivity index (χ1n) is 5.96. The highest BCUT2D eigenvalue weighted by molar-refractivity contribution is 9.10. The Balaban J connectivity index is 2.25. The van der Waals surface area contributed by atoms with Crippen LogP contribution >= 0.6 is 15.9 Å². The van der Waals surface area contributed by atoms with Gasteiger partial charge in [-0.25, -0.2) is 17.2 Å². The molecule has 21 heavy (non-hydrogen) atoms. The Morgan fingerprint density at radius 1 is 1.05 bits per heavy atom. The molecule has 2 aromatic carbocycles. The predicted octanol–water partition coefficient (Wildman–Crippen LogP) is 3.55. The number of hydrogen-bond donors (Lipinski definition) is 0.